The monoisotopic (exact) mass is 436 g/mol. The van der Waals surface area contributed by atoms with Crippen molar-refractivity contribution >= 4 is 46.4 Å². The highest BCUT2D eigenvalue weighted by Gasteiger charge is 2.11. The summed E-state index contributed by atoms with van der Waals surface area (Å²) < 4.78 is 3.75. The van der Waals surface area contributed by atoms with Gasteiger partial charge >= 0.3 is 0 Å². The molecule has 0 unspecified atom stereocenters. The van der Waals surface area contributed by atoms with E-state index >= 15 is 0 Å². The summed E-state index contributed by atoms with van der Waals surface area (Å²) in [6.45, 7) is 7.96. The Kier molecular flexibility index (Phi) is 6.59. The first-order valence-corrected chi connectivity index (χ1v) is 10.1. The summed E-state index contributed by atoms with van der Waals surface area (Å²) in [5, 5.41) is 17.1. The van der Waals surface area contributed by atoms with E-state index in [1.165, 1.54) is 0 Å². The maximum Gasteiger partial charge on any atom is 0.172 e. The lowest BCUT2D eigenvalue weighted by Gasteiger charge is -2.09. The van der Waals surface area contributed by atoms with Gasteiger partial charge in [0, 0.05) is 52.2 Å². The Bertz CT molecular complexity index is 974. The zero-order valence-electron chi connectivity index (χ0n) is 16.0. The maximum absolute atomic E-state index is 6.27. The molecule has 28 heavy (non-hydrogen) atoms. The van der Waals surface area contributed by atoms with E-state index < -0.39 is 0 Å². The van der Waals surface area contributed by atoms with E-state index in [9.17, 15) is 0 Å². The van der Waals surface area contributed by atoms with Gasteiger partial charge in [0.15, 0.2) is 10.9 Å². The number of anilines is 1. The van der Waals surface area contributed by atoms with Gasteiger partial charge in [-0.3, -0.25) is 9.36 Å². The van der Waals surface area contributed by atoms with Crippen molar-refractivity contribution in [1.82, 2.24) is 24.9 Å². The highest BCUT2D eigenvalue weighted by Crippen LogP contribution is 2.25. The Morgan fingerprint density at radius 3 is 2.54 bits per heavy atom. The van der Waals surface area contributed by atoms with Gasteiger partial charge in [-0.15, -0.1) is 0 Å². The van der Waals surface area contributed by atoms with Gasteiger partial charge in [-0.25, -0.2) is 0 Å². The van der Waals surface area contributed by atoms with Gasteiger partial charge in [0.2, 0.25) is 0 Å². The summed E-state index contributed by atoms with van der Waals surface area (Å²) in [7, 11) is 0. The van der Waals surface area contributed by atoms with Crippen molar-refractivity contribution in [2.24, 2.45) is 0 Å². The van der Waals surface area contributed by atoms with Gasteiger partial charge in [-0.05, 0) is 45.1 Å². The summed E-state index contributed by atoms with van der Waals surface area (Å²) >= 11 is 17.9. The van der Waals surface area contributed by atoms with E-state index in [4.69, 9.17) is 35.4 Å². The van der Waals surface area contributed by atoms with Crippen LogP contribution in [0, 0.1) is 13.8 Å². The number of thiocarbonyl (C=S) groups is 1. The molecule has 0 amide bonds. The number of benzene rings is 1. The van der Waals surface area contributed by atoms with Crippen molar-refractivity contribution < 1.29 is 0 Å². The van der Waals surface area contributed by atoms with Gasteiger partial charge in [-0.2, -0.15) is 10.2 Å². The van der Waals surface area contributed by atoms with Crippen LogP contribution in [-0.2, 0) is 19.6 Å². The van der Waals surface area contributed by atoms with Crippen LogP contribution in [-0.4, -0.2) is 24.7 Å². The lowest BCUT2D eigenvalue weighted by atomic mass is 10.2. The number of aryl methyl sites for hydroxylation is 3. The molecule has 0 spiro atoms. The lowest BCUT2D eigenvalue weighted by Crippen LogP contribution is -2.28. The first-order valence-electron chi connectivity index (χ1n) is 8.92. The Hall–Kier alpha value is -2.09. The highest BCUT2D eigenvalue weighted by molar-refractivity contribution is 7.80. The first kappa shape index (κ1) is 20.6. The Morgan fingerprint density at radius 1 is 1.18 bits per heavy atom. The number of rotatable bonds is 6. The summed E-state index contributed by atoms with van der Waals surface area (Å²) in [4.78, 5) is 0. The maximum atomic E-state index is 6.27. The summed E-state index contributed by atoms with van der Waals surface area (Å²) in [6, 6.07) is 7.40. The van der Waals surface area contributed by atoms with Gasteiger partial charge in [0.05, 0.1) is 12.2 Å². The second-order valence-electron chi connectivity index (χ2n) is 6.43. The average Bonchev–Trinajstić information content (AvgIpc) is 3.18. The molecule has 2 aromatic heterocycles. The molecule has 0 aliphatic rings. The van der Waals surface area contributed by atoms with Gasteiger partial charge in [0.1, 0.15) is 0 Å². The minimum Gasteiger partial charge on any atom is -0.358 e. The minimum atomic E-state index is 0.488. The van der Waals surface area contributed by atoms with Crippen molar-refractivity contribution in [3.05, 3.63) is 63.0 Å². The molecule has 0 saturated heterocycles. The highest BCUT2D eigenvalue weighted by atomic mass is 35.5. The number of hydrogen-bond donors (Lipinski definition) is 2. The van der Waals surface area contributed by atoms with Crippen LogP contribution in [0.5, 0.6) is 0 Å². The van der Waals surface area contributed by atoms with Crippen LogP contribution >= 0.6 is 35.4 Å². The minimum absolute atomic E-state index is 0.488. The predicted octanol–water partition coefficient (Wildman–Crippen LogP) is 4.56. The molecule has 0 aliphatic heterocycles. The van der Waals surface area contributed by atoms with E-state index in [0.717, 1.165) is 29.1 Å². The topological polar surface area (TPSA) is 59.7 Å². The Morgan fingerprint density at radius 2 is 1.89 bits per heavy atom. The van der Waals surface area contributed by atoms with E-state index in [1.807, 2.05) is 53.7 Å². The van der Waals surface area contributed by atoms with Crippen molar-refractivity contribution in [2.45, 2.75) is 40.4 Å². The van der Waals surface area contributed by atoms with Crippen molar-refractivity contribution in [3.63, 3.8) is 0 Å². The zero-order chi connectivity index (χ0) is 20.3. The zero-order valence-corrected chi connectivity index (χ0v) is 18.3. The number of halogens is 2. The summed E-state index contributed by atoms with van der Waals surface area (Å²) in [6.07, 6.45) is 2.02. The smallest absolute Gasteiger partial charge is 0.172 e. The van der Waals surface area contributed by atoms with Crippen molar-refractivity contribution in [2.75, 3.05) is 5.32 Å². The lowest BCUT2D eigenvalue weighted by molar-refractivity contribution is 0.653. The molecule has 2 heterocycles. The molecule has 0 bridgehead atoms. The molecule has 6 nitrogen and oxygen atoms in total. The standard InChI is InChI=1S/C19H22Cl2N6S/c1-4-26-10-14(13(3)24-26)9-22-19(28)23-18-8-12(2)27(25-18)11-15-16(20)6-5-7-17(15)21/h5-8,10H,4,9,11H2,1-3H3,(H2,22,23,25,28). The molecule has 0 saturated carbocycles. The number of hydrogen-bond acceptors (Lipinski definition) is 3. The fourth-order valence-electron chi connectivity index (χ4n) is 2.80. The Labute approximate surface area is 179 Å². The number of nitrogens with zero attached hydrogens (tertiary/aromatic N) is 4. The van der Waals surface area contributed by atoms with Crippen LogP contribution in [0.2, 0.25) is 10.0 Å². The second kappa shape index (κ2) is 8.94. The van der Waals surface area contributed by atoms with Gasteiger partial charge in [-0.1, -0.05) is 29.3 Å². The second-order valence-corrected chi connectivity index (χ2v) is 7.65. The molecule has 148 valence electrons. The Balaban J connectivity index is 1.62. The fraction of sp³-hybridized carbons (Fsp3) is 0.316. The molecule has 9 heteroatoms. The van der Waals surface area contributed by atoms with Gasteiger partial charge < -0.3 is 10.6 Å². The largest absolute Gasteiger partial charge is 0.358 e. The van der Waals surface area contributed by atoms with Crippen molar-refractivity contribution in [3.8, 4) is 0 Å². The first-order chi connectivity index (χ1) is 13.4. The summed E-state index contributed by atoms with van der Waals surface area (Å²) in [5.74, 6) is 0.666. The molecule has 3 aromatic rings. The quantitative estimate of drug-likeness (QED) is 0.554. The summed E-state index contributed by atoms with van der Waals surface area (Å²) in [5.41, 5.74) is 3.92. The molecule has 1 aromatic carbocycles. The average molecular weight is 437 g/mol. The molecule has 3 rings (SSSR count). The van der Waals surface area contributed by atoms with Crippen LogP contribution in [0.1, 0.15) is 29.4 Å². The van der Waals surface area contributed by atoms with Crippen molar-refractivity contribution in [1.29, 1.82) is 0 Å². The fourth-order valence-corrected chi connectivity index (χ4v) is 3.49. The molecule has 0 radical (unpaired) electrons. The van der Waals surface area contributed by atoms with E-state index in [-0.39, 0.29) is 0 Å². The van der Waals surface area contributed by atoms with Gasteiger partial charge in [0.25, 0.3) is 0 Å². The van der Waals surface area contributed by atoms with E-state index in [0.29, 0.717) is 34.1 Å². The van der Waals surface area contributed by atoms with E-state index in [1.54, 1.807) is 0 Å². The molecule has 0 fully saturated rings. The third kappa shape index (κ3) is 4.84. The number of nitrogens with one attached hydrogen (secondary N) is 2. The van der Waals surface area contributed by atoms with Crippen LogP contribution in [0.15, 0.2) is 30.5 Å². The molecule has 0 atom stereocenters. The molecule has 2 N–H and O–H groups in total. The predicted molar refractivity (Wildman–Crippen MR) is 118 cm³/mol. The third-order valence-corrected chi connectivity index (χ3v) is 5.36. The SMILES string of the molecule is CCn1cc(CNC(=S)Nc2cc(C)n(Cc3c(Cl)cccc3Cl)n2)c(C)n1. The molecular formula is C19H22Cl2N6S. The third-order valence-electron chi connectivity index (χ3n) is 4.40. The van der Waals surface area contributed by atoms with Crippen LogP contribution < -0.4 is 10.6 Å². The normalized spacial score (nSPS) is 10.9. The number of aromatic nitrogens is 4. The van der Waals surface area contributed by atoms with Crippen LogP contribution in [0.4, 0.5) is 5.82 Å². The molecular weight excluding hydrogens is 415 g/mol. The van der Waals surface area contributed by atoms with Crippen LogP contribution in [0.25, 0.3) is 0 Å². The van der Waals surface area contributed by atoms with E-state index in [2.05, 4.69) is 27.8 Å². The molecule has 0 aliphatic carbocycles. The van der Waals surface area contributed by atoms with Crippen LogP contribution in [0.3, 0.4) is 0 Å².